The highest BCUT2D eigenvalue weighted by Gasteiger charge is 2.27. The van der Waals surface area contributed by atoms with Crippen molar-refractivity contribution in [3.05, 3.63) is 59.7 Å². The number of halogens is 1. The predicted octanol–water partition coefficient (Wildman–Crippen LogP) is 5.40. The van der Waals surface area contributed by atoms with E-state index in [0.717, 1.165) is 44.0 Å². The van der Waals surface area contributed by atoms with Crippen molar-refractivity contribution in [3.8, 4) is 0 Å². The summed E-state index contributed by atoms with van der Waals surface area (Å²) in [6.07, 6.45) is -0.487. The summed E-state index contributed by atoms with van der Waals surface area (Å²) < 4.78 is 56.3. The van der Waals surface area contributed by atoms with Crippen molar-refractivity contribution in [1.29, 1.82) is 0 Å². The molecule has 2 aliphatic heterocycles. The smallest absolute Gasteiger partial charge is 0.410 e. The third kappa shape index (κ3) is 19.5. The van der Waals surface area contributed by atoms with Crippen molar-refractivity contribution in [1.82, 2.24) is 19.6 Å². The number of nitrogens with two attached hydrogens (primary N) is 1. The molecule has 2 saturated heterocycles. The third-order valence-electron chi connectivity index (χ3n) is 7.74. The molecule has 2 amide bonds. The molecule has 0 spiro atoms. The molecular weight excluding hydrogens is 744 g/mol. The maximum absolute atomic E-state index is 12.1. The molecular formula is C36H59ClN6O8S2. The molecule has 0 radical (unpaired) electrons. The van der Waals surface area contributed by atoms with Gasteiger partial charge in [-0.15, -0.1) is 0 Å². The molecule has 3 N–H and O–H groups in total. The number of nitrogens with one attached hydrogen (secondary N) is 1. The van der Waals surface area contributed by atoms with Gasteiger partial charge in [0.25, 0.3) is 0 Å². The lowest BCUT2D eigenvalue weighted by Crippen LogP contribution is -2.49. The largest absolute Gasteiger partial charge is 0.444 e. The van der Waals surface area contributed by atoms with Crippen LogP contribution in [-0.4, -0.2) is 124 Å². The van der Waals surface area contributed by atoms with Gasteiger partial charge in [0.2, 0.25) is 19.1 Å². The first-order valence-electron chi connectivity index (χ1n) is 17.7. The van der Waals surface area contributed by atoms with Gasteiger partial charge in [-0.25, -0.2) is 26.4 Å². The molecule has 17 heteroatoms. The van der Waals surface area contributed by atoms with Gasteiger partial charge in [-0.2, -0.15) is 0 Å². The first-order valence-corrected chi connectivity index (χ1v) is 21.9. The Labute approximate surface area is 321 Å². The van der Waals surface area contributed by atoms with E-state index in [1.54, 1.807) is 22.8 Å². The molecule has 2 aliphatic rings. The van der Waals surface area contributed by atoms with Gasteiger partial charge in [-0.3, -0.25) is 14.5 Å². The van der Waals surface area contributed by atoms with Crippen LogP contribution in [0.5, 0.6) is 0 Å². The van der Waals surface area contributed by atoms with Gasteiger partial charge in [-0.1, -0.05) is 31.2 Å². The van der Waals surface area contributed by atoms with Crippen LogP contribution < -0.4 is 10.5 Å². The molecule has 2 heterocycles. The average Bonchev–Trinajstić information content (AvgIpc) is 3.04. The van der Waals surface area contributed by atoms with Gasteiger partial charge in [0.1, 0.15) is 11.2 Å². The second-order valence-corrected chi connectivity index (χ2v) is 19.8. The molecule has 2 aromatic carbocycles. The second-order valence-electron chi connectivity index (χ2n) is 14.8. The van der Waals surface area contributed by atoms with Crippen molar-refractivity contribution in [2.75, 3.05) is 74.3 Å². The third-order valence-corrected chi connectivity index (χ3v) is 10.4. The highest BCUT2D eigenvalue weighted by Crippen LogP contribution is 2.18. The maximum atomic E-state index is 12.1. The molecule has 300 valence electrons. The zero-order chi connectivity index (χ0) is 40.0. The number of sulfonamides is 1. The SMILES string of the molecule is CC(C)(C)OC(=O)N1CCN(Cc2cccc(N)c2)CC1.CCS(=O)(=O)Cl.CCS(=O)(=O)Nc1cccc(CN2CCN(C(=O)OC(C)(C)C)CC2)c1. The Bertz CT molecular complexity index is 1680. The van der Waals surface area contributed by atoms with Crippen molar-refractivity contribution in [2.24, 2.45) is 0 Å². The average molecular weight is 803 g/mol. The lowest BCUT2D eigenvalue weighted by Gasteiger charge is -2.35. The summed E-state index contributed by atoms with van der Waals surface area (Å²) in [6, 6.07) is 15.4. The minimum Gasteiger partial charge on any atom is -0.444 e. The van der Waals surface area contributed by atoms with Crippen LogP contribution in [0.3, 0.4) is 0 Å². The number of nitrogen functional groups attached to an aromatic ring is 1. The Hall–Kier alpha value is -3.31. The highest BCUT2D eigenvalue weighted by molar-refractivity contribution is 8.13. The number of anilines is 2. The standard InChI is InChI=1S/C18H29N3O4S.C16H25N3O2.C2H5ClO2S/c1-5-26(23,24)19-16-8-6-7-15(13-16)14-20-9-11-21(12-10-20)17(22)25-18(2,3)4;1-16(2,3)21-15(20)19-9-7-18(8-10-19)12-13-5-4-6-14(17)11-13;1-2-6(3,4)5/h6-8,13,19H,5,9-12,14H2,1-4H3;4-6,11H,7-10,12,17H2,1-3H3;2H2,1H3. The molecule has 0 unspecified atom stereocenters. The van der Waals surface area contributed by atoms with Crippen LogP contribution in [-0.2, 0) is 41.6 Å². The summed E-state index contributed by atoms with van der Waals surface area (Å²) in [4.78, 5) is 32.2. The monoisotopic (exact) mass is 802 g/mol. The van der Waals surface area contributed by atoms with Gasteiger partial charge in [-0.05, 0) is 83.9 Å². The molecule has 0 saturated carbocycles. The van der Waals surface area contributed by atoms with Crippen molar-refractivity contribution in [2.45, 2.75) is 79.7 Å². The fraction of sp³-hybridized carbons (Fsp3) is 0.611. The summed E-state index contributed by atoms with van der Waals surface area (Å²) in [7, 11) is -1.78. The summed E-state index contributed by atoms with van der Waals surface area (Å²) >= 11 is 0. The van der Waals surface area contributed by atoms with E-state index in [9.17, 15) is 26.4 Å². The first kappa shape index (κ1) is 45.8. The zero-order valence-electron chi connectivity index (χ0n) is 32.4. The van der Waals surface area contributed by atoms with E-state index in [0.29, 0.717) is 38.4 Å². The number of ether oxygens (including phenoxy) is 2. The van der Waals surface area contributed by atoms with Crippen molar-refractivity contribution >= 4 is 53.3 Å². The van der Waals surface area contributed by atoms with Crippen LogP contribution >= 0.6 is 10.7 Å². The minimum atomic E-state index is -3.28. The van der Waals surface area contributed by atoms with E-state index in [1.807, 2.05) is 77.9 Å². The Kier molecular flexibility index (Phi) is 17.6. The number of carbonyl (C=O) groups is 2. The van der Waals surface area contributed by atoms with Gasteiger partial charge >= 0.3 is 12.2 Å². The molecule has 2 fully saturated rings. The van der Waals surface area contributed by atoms with Gasteiger partial charge in [0, 0.05) is 87.5 Å². The number of hydrogen-bond donors (Lipinski definition) is 2. The number of carbonyl (C=O) groups excluding carboxylic acids is 2. The van der Waals surface area contributed by atoms with E-state index in [4.69, 9.17) is 15.2 Å². The Morgan fingerprint density at radius 1 is 0.698 bits per heavy atom. The zero-order valence-corrected chi connectivity index (χ0v) is 34.8. The van der Waals surface area contributed by atoms with Crippen LogP contribution in [0.4, 0.5) is 21.0 Å². The van der Waals surface area contributed by atoms with Crippen molar-refractivity contribution in [3.63, 3.8) is 0 Å². The number of nitrogens with zero attached hydrogens (tertiary/aromatic N) is 4. The lowest BCUT2D eigenvalue weighted by molar-refractivity contribution is 0.0129. The van der Waals surface area contributed by atoms with E-state index < -0.39 is 30.3 Å². The summed E-state index contributed by atoms with van der Waals surface area (Å²) in [5, 5.41) is 0. The van der Waals surface area contributed by atoms with Gasteiger partial charge in [0.15, 0.2) is 0 Å². The molecule has 4 rings (SSSR count). The van der Waals surface area contributed by atoms with E-state index in [-0.39, 0.29) is 23.7 Å². The summed E-state index contributed by atoms with van der Waals surface area (Å²) in [5.41, 5.74) is 8.49. The van der Waals surface area contributed by atoms with Gasteiger partial charge in [0.05, 0.1) is 11.5 Å². The van der Waals surface area contributed by atoms with Crippen LogP contribution in [0.15, 0.2) is 48.5 Å². The molecule has 0 atom stereocenters. The molecule has 2 aromatic rings. The molecule has 0 aromatic heterocycles. The van der Waals surface area contributed by atoms with Crippen LogP contribution in [0.2, 0.25) is 0 Å². The fourth-order valence-electron chi connectivity index (χ4n) is 5.02. The Morgan fingerprint density at radius 3 is 1.45 bits per heavy atom. The number of hydrogen-bond acceptors (Lipinski definition) is 11. The van der Waals surface area contributed by atoms with Crippen LogP contribution in [0, 0.1) is 0 Å². The lowest BCUT2D eigenvalue weighted by atomic mass is 10.2. The fourth-order valence-corrected chi connectivity index (χ4v) is 5.65. The molecule has 0 bridgehead atoms. The highest BCUT2D eigenvalue weighted by atomic mass is 35.7. The number of piperazine rings is 2. The molecule has 14 nitrogen and oxygen atoms in total. The Balaban J connectivity index is 0.000000323. The topological polar surface area (TPSA) is 172 Å². The number of amides is 2. The number of benzene rings is 2. The van der Waals surface area contributed by atoms with Crippen molar-refractivity contribution < 1.29 is 35.9 Å². The summed E-state index contributed by atoms with van der Waals surface area (Å²) in [6.45, 7) is 21.8. The van der Waals surface area contributed by atoms with Crippen LogP contribution in [0.1, 0.15) is 66.5 Å². The quantitative estimate of drug-likeness (QED) is 0.259. The maximum Gasteiger partial charge on any atom is 0.410 e. The second kappa shape index (κ2) is 20.4. The minimum absolute atomic E-state index is 0.00849. The van der Waals surface area contributed by atoms with E-state index >= 15 is 0 Å². The Morgan fingerprint density at radius 2 is 1.09 bits per heavy atom. The predicted molar refractivity (Wildman–Crippen MR) is 212 cm³/mol. The van der Waals surface area contributed by atoms with E-state index in [1.165, 1.54) is 12.5 Å². The molecule has 0 aliphatic carbocycles. The first-order chi connectivity index (χ1) is 24.5. The van der Waals surface area contributed by atoms with Crippen LogP contribution in [0.25, 0.3) is 0 Å². The molecule has 53 heavy (non-hydrogen) atoms. The summed E-state index contributed by atoms with van der Waals surface area (Å²) in [5.74, 6) is 0.0540. The van der Waals surface area contributed by atoms with Gasteiger partial charge < -0.3 is 25.0 Å². The van der Waals surface area contributed by atoms with E-state index in [2.05, 4.69) is 31.3 Å². The number of rotatable bonds is 8. The normalized spacial score (nSPS) is 16.0.